The fraction of sp³-hybridized carbons (Fsp3) is 0.407. The van der Waals surface area contributed by atoms with Crippen molar-refractivity contribution in [2.24, 2.45) is 11.7 Å². The van der Waals surface area contributed by atoms with Crippen molar-refractivity contribution >= 4 is 5.91 Å². The molecule has 3 aromatic rings. The summed E-state index contributed by atoms with van der Waals surface area (Å²) < 4.78 is 10.1. The van der Waals surface area contributed by atoms with Gasteiger partial charge >= 0.3 is 0 Å². The minimum atomic E-state index is -0.830. The molecule has 1 saturated carbocycles. The van der Waals surface area contributed by atoms with E-state index in [1.54, 1.807) is 0 Å². The van der Waals surface area contributed by atoms with Gasteiger partial charge in [-0.1, -0.05) is 60.7 Å². The molecule has 2 aromatic carbocycles. The van der Waals surface area contributed by atoms with Gasteiger partial charge in [0.25, 0.3) is 5.82 Å². The molecular formula is C27H34N3O2+. The highest BCUT2D eigenvalue weighted by Crippen LogP contribution is 2.49. The van der Waals surface area contributed by atoms with Crippen molar-refractivity contribution in [1.82, 2.24) is 4.57 Å². The summed E-state index contributed by atoms with van der Waals surface area (Å²) in [5.74, 6) is 1.09. The zero-order valence-electron chi connectivity index (χ0n) is 19.1. The molecule has 2 atom stereocenters. The lowest BCUT2D eigenvalue weighted by Crippen LogP contribution is -2.47. The van der Waals surface area contributed by atoms with Gasteiger partial charge in [0.05, 0.1) is 6.61 Å². The Morgan fingerprint density at radius 2 is 1.72 bits per heavy atom. The van der Waals surface area contributed by atoms with Gasteiger partial charge < -0.3 is 10.5 Å². The number of nitrogens with zero attached hydrogens (tertiary/aromatic N) is 2. The van der Waals surface area contributed by atoms with Gasteiger partial charge in [0.2, 0.25) is 5.91 Å². The molecule has 168 valence electrons. The van der Waals surface area contributed by atoms with E-state index >= 15 is 0 Å². The molecule has 0 saturated heterocycles. The smallest absolute Gasteiger partial charge is 0.253 e. The van der Waals surface area contributed by atoms with Crippen LogP contribution in [0.3, 0.4) is 0 Å². The molecule has 1 aliphatic rings. The van der Waals surface area contributed by atoms with Crippen LogP contribution in [-0.4, -0.2) is 23.7 Å². The van der Waals surface area contributed by atoms with Crippen LogP contribution in [0.1, 0.15) is 49.2 Å². The van der Waals surface area contributed by atoms with Crippen LogP contribution in [0.25, 0.3) is 0 Å². The lowest BCUT2D eigenvalue weighted by Gasteiger charge is -2.37. The number of ether oxygens (including phenoxy) is 1. The largest absolute Gasteiger partial charge is 0.378 e. The number of hydrogen-bond acceptors (Lipinski definition) is 2. The summed E-state index contributed by atoms with van der Waals surface area (Å²) in [4.78, 5) is 13.3. The van der Waals surface area contributed by atoms with Crippen LogP contribution in [0.4, 0.5) is 0 Å². The fourth-order valence-corrected chi connectivity index (χ4v) is 5.58. The maximum atomic E-state index is 13.3. The average Bonchev–Trinajstić information content (AvgIpc) is 3.43. The molecule has 1 aliphatic carbocycles. The van der Waals surface area contributed by atoms with Crippen LogP contribution in [0.15, 0.2) is 73.1 Å². The van der Waals surface area contributed by atoms with Gasteiger partial charge in [-0.25, -0.2) is 9.13 Å². The predicted molar refractivity (Wildman–Crippen MR) is 125 cm³/mol. The number of primary amides is 1. The molecule has 0 aliphatic heterocycles. The van der Waals surface area contributed by atoms with E-state index in [0.717, 1.165) is 43.5 Å². The molecule has 1 heterocycles. The second kappa shape index (κ2) is 9.70. The Labute approximate surface area is 190 Å². The van der Waals surface area contributed by atoms with Gasteiger partial charge in [-0.05, 0) is 43.2 Å². The van der Waals surface area contributed by atoms with Crippen LogP contribution in [0.2, 0.25) is 0 Å². The van der Waals surface area contributed by atoms with Crippen LogP contribution in [0.5, 0.6) is 0 Å². The first-order chi connectivity index (χ1) is 15.6. The maximum Gasteiger partial charge on any atom is 0.253 e. The van der Waals surface area contributed by atoms with Crippen molar-refractivity contribution in [1.29, 1.82) is 0 Å². The lowest BCUT2D eigenvalue weighted by atomic mass is 9.64. The molecule has 1 fully saturated rings. The number of hydrogen-bond donors (Lipinski definition) is 1. The number of imidazole rings is 1. The summed E-state index contributed by atoms with van der Waals surface area (Å²) in [5.41, 5.74) is 7.38. The Hall–Kier alpha value is -2.92. The van der Waals surface area contributed by atoms with E-state index in [0.29, 0.717) is 12.6 Å². The summed E-state index contributed by atoms with van der Waals surface area (Å²) in [6.07, 6.45) is 7.20. The lowest BCUT2D eigenvalue weighted by molar-refractivity contribution is -0.704. The standard InChI is InChI=1S/C27H33N3O2/c1-3-32-19-18-29-16-17-30(21(29)2)25-15-14-24(20-25)27(26(28)31,22-10-6-4-7-11-22)23-12-8-5-9-13-23/h4-13,16-17,24-25H,3,14-15,18-20H2,1-2H3,(H-,28,31)/p+1/t24-,25+/m1/s1. The average molecular weight is 433 g/mol. The van der Waals surface area contributed by atoms with Crippen molar-refractivity contribution in [3.05, 3.63) is 90.0 Å². The molecule has 1 aromatic heterocycles. The van der Waals surface area contributed by atoms with E-state index < -0.39 is 5.41 Å². The van der Waals surface area contributed by atoms with Crippen molar-refractivity contribution in [2.45, 2.75) is 51.1 Å². The first-order valence-corrected chi connectivity index (χ1v) is 11.6. The third-order valence-corrected chi connectivity index (χ3v) is 7.13. The molecule has 1 amide bonds. The summed E-state index contributed by atoms with van der Waals surface area (Å²) >= 11 is 0. The number of benzene rings is 2. The zero-order chi connectivity index (χ0) is 22.6. The second-order valence-corrected chi connectivity index (χ2v) is 8.71. The minimum Gasteiger partial charge on any atom is -0.378 e. The number of amides is 1. The van der Waals surface area contributed by atoms with Crippen LogP contribution in [-0.2, 0) is 21.5 Å². The minimum absolute atomic E-state index is 0.133. The van der Waals surface area contributed by atoms with Crippen molar-refractivity contribution in [3.8, 4) is 0 Å². The normalized spacial score (nSPS) is 18.7. The van der Waals surface area contributed by atoms with Gasteiger partial charge in [0, 0.05) is 13.5 Å². The summed E-state index contributed by atoms with van der Waals surface area (Å²) in [6.45, 7) is 6.48. The third kappa shape index (κ3) is 3.97. The zero-order valence-corrected chi connectivity index (χ0v) is 19.1. The third-order valence-electron chi connectivity index (χ3n) is 7.13. The van der Waals surface area contributed by atoms with Crippen LogP contribution in [0, 0.1) is 12.8 Å². The van der Waals surface area contributed by atoms with Gasteiger partial charge in [-0.2, -0.15) is 0 Å². The van der Waals surface area contributed by atoms with E-state index in [1.165, 1.54) is 5.82 Å². The van der Waals surface area contributed by atoms with Crippen molar-refractivity contribution < 1.29 is 14.1 Å². The Bertz CT molecular complexity index is 990. The first-order valence-electron chi connectivity index (χ1n) is 11.6. The molecule has 5 heteroatoms. The van der Waals surface area contributed by atoms with Gasteiger partial charge in [-0.15, -0.1) is 0 Å². The number of carbonyl (C=O) groups excluding carboxylic acids is 1. The maximum absolute atomic E-state index is 13.3. The van der Waals surface area contributed by atoms with Crippen LogP contribution >= 0.6 is 0 Å². The summed E-state index contributed by atoms with van der Waals surface area (Å²) in [5, 5.41) is 0. The number of rotatable bonds is 9. The van der Waals surface area contributed by atoms with E-state index in [1.807, 2.05) is 67.6 Å². The van der Waals surface area contributed by atoms with E-state index in [-0.39, 0.29) is 11.8 Å². The van der Waals surface area contributed by atoms with Gasteiger partial charge in [-0.3, -0.25) is 4.79 Å². The topological polar surface area (TPSA) is 61.1 Å². The highest BCUT2D eigenvalue weighted by atomic mass is 16.5. The van der Waals surface area contributed by atoms with Gasteiger partial charge in [0.15, 0.2) is 0 Å². The number of carbonyl (C=O) groups is 1. The second-order valence-electron chi connectivity index (χ2n) is 8.71. The summed E-state index contributed by atoms with van der Waals surface area (Å²) in [7, 11) is 0. The number of aromatic nitrogens is 2. The molecule has 0 spiro atoms. The fourth-order valence-electron chi connectivity index (χ4n) is 5.58. The van der Waals surface area contributed by atoms with Crippen molar-refractivity contribution in [2.75, 3.05) is 13.2 Å². The molecule has 32 heavy (non-hydrogen) atoms. The highest BCUT2D eigenvalue weighted by Gasteiger charge is 2.51. The van der Waals surface area contributed by atoms with E-state index in [2.05, 4.69) is 28.5 Å². The molecule has 4 rings (SSSR count). The number of nitrogens with two attached hydrogens (primary N) is 1. The molecule has 0 radical (unpaired) electrons. The van der Waals surface area contributed by atoms with Crippen LogP contribution < -0.4 is 10.3 Å². The highest BCUT2D eigenvalue weighted by molar-refractivity contribution is 5.91. The van der Waals surface area contributed by atoms with Gasteiger partial charge in [0.1, 0.15) is 30.4 Å². The Morgan fingerprint density at radius 3 is 2.28 bits per heavy atom. The summed E-state index contributed by atoms with van der Waals surface area (Å²) in [6, 6.07) is 20.5. The van der Waals surface area contributed by atoms with E-state index in [9.17, 15) is 4.79 Å². The first kappa shape index (κ1) is 22.3. The molecule has 2 N–H and O–H groups in total. The molecule has 0 unspecified atom stereocenters. The molecule has 0 bridgehead atoms. The van der Waals surface area contributed by atoms with Crippen molar-refractivity contribution in [3.63, 3.8) is 0 Å². The SMILES string of the molecule is CCOCC[n+]1ccn([C@H]2CC[C@@H](C(C(N)=O)(c3ccccc3)c3ccccc3)C2)c1C. The molecule has 5 nitrogen and oxygen atoms in total. The Morgan fingerprint density at radius 1 is 1.09 bits per heavy atom. The quantitative estimate of drug-likeness (QED) is 0.411. The molecular weight excluding hydrogens is 398 g/mol. The monoisotopic (exact) mass is 432 g/mol. The van der Waals surface area contributed by atoms with E-state index in [4.69, 9.17) is 10.5 Å². The Kier molecular flexibility index (Phi) is 6.75. The Balaban J connectivity index is 1.67. The predicted octanol–water partition coefficient (Wildman–Crippen LogP) is 3.93.